The molecule has 2 aromatic rings. The van der Waals surface area contributed by atoms with Crippen LogP contribution in [-0.4, -0.2) is 45.5 Å². The number of rotatable bonds is 10. The van der Waals surface area contributed by atoms with Gasteiger partial charge in [0.2, 0.25) is 6.29 Å². The van der Waals surface area contributed by atoms with E-state index in [1.54, 1.807) is 6.92 Å². The number of benzene rings is 2. The van der Waals surface area contributed by atoms with E-state index in [2.05, 4.69) is 88.0 Å². The molecule has 0 bridgehead atoms. The molecule has 0 aliphatic carbocycles. The van der Waals surface area contributed by atoms with E-state index in [-0.39, 0.29) is 23.2 Å². The number of carbonyl (C=O) groups is 1. The molecule has 36 heavy (non-hydrogen) atoms. The van der Waals surface area contributed by atoms with Gasteiger partial charge < -0.3 is 18.6 Å². The zero-order valence-electron chi connectivity index (χ0n) is 22.1. The molecule has 2 aliphatic heterocycles. The summed E-state index contributed by atoms with van der Waals surface area (Å²) >= 11 is 0. The molecule has 6 heteroatoms. The lowest BCUT2D eigenvalue weighted by molar-refractivity contribution is -0.144. The van der Waals surface area contributed by atoms with Crippen LogP contribution in [-0.2, 0) is 23.4 Å². The van der Waals surface area contributed by atoms with Crippen LogP contribution in [0.1, 0.15) is 59.8 Å². The van der Waals surface area contributed by atoms with E-state index in [1.807, 2.05) is 0 Å². The molecule has 5 nitrogen and oxygen atoms in total. The fraction of sp³-hybridized carbons (Fsp3) is 0.500. The van der Waals surface area contributed by atoms with Crippen molar-refractivity contribution in [3.63, 3.8) is 0 Å². The van der Waals surface area contributed by atoms with Crippen LogP contribution in [0.25, 0.3) is 0 Å². The highest BCUT2D eigenvalue weighted by Crippen LogP contribution is 2.37. The van der Waals surface area contributed by atoms with Gasteiger partial charge in [-0.1, -0.05) is 88.0 Å². The van der Waals surface area contributed by atoms with E-state index in [1.165, 1.54) is 10.4 Å². The molecule has 2 saturated heterocycles. The number of hydrogen-bond acceptors (Lipinski definition) is 5. The lowest BCUT2D eigenvalue weighted by atomic mass is 10.0. The summed E-state index contributed by atoms with van der Waals surface area (Å²) in [5, 5.41) is 2.58. The normalized spacial score (nSPS) is 24.8. The van der Waals surface area contributed by atoms with Crippen LogP contribution in [0.3, 0.4) is 0 Å². The zero-order chi connectivity index (χ0) is 25.8. The third-order valence-electron chi connectivity index (χ3n) is 7.31. The Kier molecular flexibility index (Phi) is 8.51. The molecule has 4 atom stereocenters. The molecule has 194 valence electrons. The Balaban J connectivity index is 1.35. The van der Waals surface area contributed by atoms with E-state index in [4.69, 9.17) is 18.6 Å². The quantitative estimate of drug-likeness (QED) is 0.193. The van der Waals surface area contributed by atoms with Crippen molar-refractivity contribution in [2.45, 2.75) is 89.4 Å². The number of esters is 1. The summed E-state index contributed by atoms with van der Waals surface area (Å²) in [7, 11) is -2.51. The topological polar surface area (TPSA) is 54.0 Å². The predicted octanol–water partition coefficient (Wildman–Crippen LogP) is 5.13. The van der Waals surface area contributed by atoms with Gasteiger partial charge in [0.1, 0.15) is 0 Å². The first-order valence-electron chi connectivity index (χ1n) is 13.1. The van der Waals surface area contributed by atoms with Crippen molar-refractivity contribution in [3.8, 4) is 0 Å². The van der Waals surface area contributed by atoms with Crippen LogP contribution in [0.2, 0.25) is 5.04 Å². The molecule has 2 aromatic carbocycles. The molecular formula is C30H40O5Si. The summed E-state index contributed by atoms with van der Waals surface area (Å²) in [6.07, 6.45) is 3.29. The maximum absolute atomic E-state index is 11.6. The minimum absolute atomic E-state index is 0.00851. The van der Waals surface area contributed by atoms with Gasteiger partial charge in [0, 0.05) is 13.0 Å². The molecule has 0 saturated carbocycles. The Morgan fingerprint density at radius 2 is 1.56 bits per heavy atom. The third-order valence-corrected chi connectivity index (χ3v) is 12.4. The second kappa shape index (κ2) is 11.4. The van der Waals surface area contributed by atoms with Gasteiger partial charge >= 0.3 is 5.97 Å². The molecule has 2 aliphatic rings. The van der Waals surface area contributed by atoms with Crippen molar-refractivity contribution < 1.29 is 23.4 Å². The van der Waals surface area contributed by atoms with Crippen molar-refractivity contribution in [2.24, 2.45) is 0 Å². The Bertz CT molecular complexity index is 977. The molecule has 2 fully saturated rings. The SMILES string of the molecule is C=C1C[C@H](CCCO[Si](c2ccccc2)(c2ccccc2)C(C)(C)C)OC1CC[C@H]1OC(=O)[C@H](C)O1. The van der Waals surface area contributed by atoms with Crippen LogP contribution < -0.4 is 10.4 Å². The van der Waals surface area contributed by atoms with Crippen LogP contribution >= 0.6 is 0 Å². The largest absolute Gasteiger partial charge is 0.434 e. The summed E-state index contributed by atoms with van der Waals surface area (Å²) in [5.41, 5.74) is 1.12. The van der Waals surface area contributed by atoms with E-state index in [0.717, 1.165) is 31.3 Å². The smallest absolute Gasteiger partial charge is 0.337 e. The Hall–Kier alpha value is -2.25. The summed E-state index contributed by atoms with van der Waals surface area (Å²) in [5.74, 6) is -0.287. The maximum atomic E-state index is 11.6. The monoisotopic (exact) mass is 508 g/mol. The average Bonchev–Trinajstić information content (AvgIpc) is 3.38. The summed E-state index contributed by atoms with van der Waals surface area (Å²) in [6.45, 7) is 13.6. The molecule has 0 spiro atoms. The number of carbonyl (C=O) groups excluding carboxylic acids is 1. The summed E-state index contributed by atoms with van der Waals surface area (Å²) in [4.78, 5) is 11.6. The van der Waals surface area contributed by atoms with Gasteiger partial charge in [-0.15, -0.1) is 0 Å². The van der Waals surface area contributed by atoms with Crippen LogP contribution in [0.4, 0.5) is 0 Å². The average molecular weight is 509 g/mol. The first kappa shape index (κ1) is 26.8. The fourth-order valence-electron chi connectivity index (χ4n) is 5.49. The van der Waals surface area contributed by atoms with Crippen molar-refractivity contribution in [1.29, 1.82) is 0 Å². The molecule has 2 heterocycles. The molecule has 1 unspecified atom stereocenters. The minimum atomic E-state index is -2.51. The van der Waals surface area contributed by atoms with Crippen molar-refractivity contribution >= 4 is 24.7 Å². The first-order valence-corrected chi connectivity index (χ1v) is 15.1. The fourth-order valence-corrected chi connectivity index (χ4v) is 10.1. The first-order chi connectivity index (χ1) is 17.2. The van der Waals surface area contributed by atoms with Crippen molar-refractivity contribution in [2.75, 3.05) is 6.61 Å². The third kappa shape index (κ3) is 5.83. The van der Waals surface area contributed by atoms with Gasteiger partial charge in [-0.05, 0) is 53.6 Å². The van der Waals surface area contributed by atoms with Crippen molar-refractivity contribution in [3.05, 3.63) is 72.8 Å². The van der Waals surface area contributed by atoms with Gasteiger partial charge in [0.05, 0.1) is 12.2 Å². The van der Waals surface area contributed by atoms with Crippen LogP contribution in [0.15, 0.2) is 72.8 Å². The number of hydrogen-bond donors (Lipinski definition) is 0. The van der Waals surface area contributed by atoms with Gasteiger partial charge in [-0.25, -0.2) is 4.79 Å². The van der Waals surface area contributed by atoms with Gasteiger partial charge in [-0.2, -0.15) is 0 Å². The predicted molar refractivity (Wildman–Crippen MR) is 145 cm³/mol. The van der Waals surface area contributed by atoms with E-state index in [0.29, 0.717) is 13.0 Å². The van der Waals surface area contributed by atoms with E-state index in [9.17, 15) is 4.79 Å². The number of ether oxygens (including phenoxy) is 3. The second-order valence-electron chi connectivity index (χ2n) is 11.0. The Labute approximate surface area is 216 Å². The highest BCUT2D eigenvalue weighted by molar-refractivity contribution is 6.99. The number of cyclic esters (lactones) is 1. The van der Waals surface area contributed by atoms with Gasteiger partial charge in [-0.3, -0.25) is 0 Å². The molecule has 0 radical (unpaired) electrons. The molecular weight excluding hydrogens is 468 g/mol. The summed E-state index contributed by atoms with van der Waals surface area (Å²) < 4.78 is 24.1. The zero-order valence-corrected chi connectivity index (χ0v) is 23.1. The Morgan fingerprint density at radius 3 is 2.08 bits per heavy atom. The van der Waals surface area contributed by atoms with E-state index < -0.39 is 20.7 Å². The lowest BCUT2D eigenvalue weighted by Gasteiger charge is -2.43. The maximum Gasteiger partial charge on any atom is 0.337 e. The summed E-state index contributed by atoms with van der Waals surface area (Å²) in [6, 6.07) is 21.5. The Morgan fingerprint density at radius 1 is 0.944 bits per heavy atom. The van der Waals surface area contributed by atoms with Gasteiger partial charge in [0.15, 0.2) is 6.10 Å². The molecule has 0 amide bonds. The standard InChI is InChI=1S/C30H40O5Si/c1-22-21-24(34-27(22)18-19-28-33-23(2)29(31)35-28)13-12-20-32-36(30(3,4)5,25-14-8-6-9-15-25)26-16-10-7-11-17-26/h6-11,14-17,23-24,27-28H,1,12-13,18-21H2,2-5H3/t23-,24-,27?,28+/m0/s1. The van der Waals surface area contributed by atoms with Crippen LogP contribution in [0.5, 0.6) is 0 Å². The molecule has 4 rings (SSSR count). The molecule has 0 aromatic heterocycles. The lowest BCUT2D eigenvalue weighted by Crippen LogP contribution is -2.66. The second-order valence-corrected chi connectivity index (χ2v) is 15.3. The molecule has 0 N–H and O–H groups in total. The van der Waals surface area contributed by atoms with Crippen LogP contribution in [0, 0.1) is 0 Å². The van der Waals surface area contributed by atoms with E-state index >= 15 is 0 Å². The highest BCUT2D eigenvalue weighted by atomic mass is 28.4. The van der Waals surface area contributed by atoms with Gasteiger partial charge in [0.25, 0.3) is 8.32 Å². The minimum Gasteiger partial charge on any atom is -0.434 e. The van der Waals surface area contributed by atoms with Crippen molar-refractivity contribution in [1.82, 2.24) is 0 Å². The highest BCUT2D eigenvalue weighted by Gasteiger charge is 2.50.